The third kappa shape index (κ3) is 3.37. The van der Waals surface area contributed by atoms with E-state index in [1.807, 2.05) is 13.8 Å². The van der Waals surface area contributed by atoms with Crippen LogP contribution in [0.15, 0.2) is 0 Å². The molecule has 0 saturated heterocycles. The van der Waals surface area contributed by atoms with Crippen LogP contribution in [0.5, 0.6) is 0 Å². The van der Waals surface area contributed by atoms with Gasteiger partial charge in [0.25, 0.3) is 0 Å². The molecule has 12 heavy (non-hydrogen) atoms. The second-order valence-corrected chi connectivity index (χ2v) is 2.97. The standard InChI is InChI=1S/C8H16N2O2/c1-4-5(2)7(8(9)12)10-6(3)11/h5,7H,4H2,1-3H3,(H2,9,12)(H,10,11)/t5?,7-/m0/s1. The van der Waals surface area contributed by atoms with E-state index >= 15 is 0 Å². The predicted molar refractivity (Wildman–Crippen MR) is 46.3 cm³/mol. The van der Waals surface area contributed by atoms with Crippen LogP contribution in [-0.2, 0) is 9.59 Å². The zero-order chi connectivity index (χ0) is 9.72. The summed E-state index contributed by atoms with van der Waals surface area (Å²) < 4.78 is 0. The topological polar surface area (TPSA) is 72.2 Å². The number of nitrogens with two attached hydrogens (primary N) is 1. The fraction of sp³-hybridized carbons (Fsp3) is 0.750. The molecule has 0 aliphatic rings. The van der Waals surface area contributed by atoms with Gasteiger partial charge in [0, 0.05) is 6.92 Å². The summed E-state index contributed by atoms with van der Waals surface area (Å²) in [6, 6.07) is -0.535. The Morgan fingerprint density at radius 2 is 2.00 bits per heavy atom. The van der Waals surface area contributed by atoms with Gasteiger partial charge in [-0.15, -0.1) is 0 Å². The first-order valence-electron chi connectivity index (χ1n) is 4.05. The van der Waals surface area contributed by atoms with Gasteiger partial charge in [-0.05, 0) is 5.92 Å². The molecule has 0 spiro atoms. The van der Waals surface area contributed by atoms with E-state index in [0.29, 0.717) is 0 Å². The highest BCUT2D eigenvalue weighted by molar-refractivity contribution is 5.85. The van der Waals surface area contributed by atoms with Crippen molar-refractivity contribution in [3.05, 3.63) is 0 Å². The summed E-state index contributed by atoms with van der Waals surface area (Å²) >= 11 is 0. The van der Waals surface area contributed by atoms with Gasteiger partial charge in [0.05, 0.1) is 0 Å². The quantitative estimate of drug-likeness (QED) is 0.627. The molecule has 0 aliphatic heterocycles. The fourth-order valence-corrected chi connectivity index (χ4v) is 0.948. The molecule has 0 saturated carbocycles. The molecule has 3 N–H and O–H groups in total. The third-order valence-corrected chi connectivity index (χ3v) is 1.88. The summed E-state index contributed by atoms with van der Waals surface area (Å²) in [5.41, 5.74) is 5.11. The minimum Gasteiger partial charge on any atom is -0.368 e. The summed E-state index contributed by atoms with van der Waals surface area (Å²) in [5, 5.41) is 2.52. The molecule has 0 heterocycles. The molecule has 70 valence electrons. The second-order valence-electron chi connectivity index (χ2n) is 2.97. The van der Waals surface area contributed by atoms with Crippen LogP contribution in [0.25, 0.3) is 0 Å². The van der Waals surface area contributed by atoms with Crippen molar-refractivity contribution in [2.24, 2.45) is 11.7 Å². The van der Waals surface area contributed by atoms with Gasteiger partial charge in [-0.3, -0.25) is 9.59 Å². The molecule has 0 radical (unpaired) electrons. The summed E-state index contributed by atoms with van der Waals surface area (Å²) in [7, 11) is 0. The number of carbonyl (C=O) groups excluding carboxylic acids is 2. The highest BCUT2D eigenvalue weighted by Gasteiger charge is 2.21. The van der Waals surface area contributed by atoms with E-state index in [2.05, 4.69) is 5.32 Å². The maximum Gasteiger partial charge on any atom is 0.240 e. The Morgan fingerprint density at radius 1 is 1.50 bits per heavy atom. The van der Waals surface area contributed by atoms with Gasteiger partial charge < -0.3 is 11.1 Å². The molecular weight excluding hydrogens is 156 g/mol. The summed E-state index contributed by atoms with van der Waals surface area (Å²) in [6.45, 7) is 5.20. The number of hydrogen-bond donors (Lipinski definition) is 2. The lowest BCUT2D eigenvalue weighted by Gasteiger charge is -2.19. The van der Waals surface area contributed by atoms with Gasteiger partial charge in [0.1, 0.15) is 6.04 Å². The van der Waals surface area contributed by atoms with Crippen molar-refractivity contribution < 1.29 is 9.59 Å². The van der Waals surface area contributed by atoms with Crippen LogP contribution in [0.4, 0.5) is 0 Å². The molecule has 0 aromatic rings. The van der Waals surface area contributed by atoms with Gasteiger partial charge in [-0.1, -0.05) is 20.3 Å². The van der Waals surface area contributed by atoms with Crippen LogP contribution < -0.4 is 11.1 Å². The number of hydrogen-bond acceptors (Lipinski definition) is 2. The van der Waals surface area contributed by atoms with Crippen molar-refractivity contribution in [3.8, 4) is 0 Å². The highest BCUT2D eigenvalue weighted by atomic mass is 16.2. The molecule has 0 bridgehead atoms. The molecule has 0 fully saturated rings. The Kier molecular flexibility index (Phi) is 4.33. The first-order valence-corrected chi connectivity index (χ1v) is 4.05. The first-order chi connectivity index (χ1) is 5.49. The molecule has 0 rings (SSSR count). The van der Waals surface area contributed by atoms with Crippen molar-refractivity contribution in [1.82, 2.24) is 5.32 Å². The molecule has 4 heteroatoms. The van der Waals surface area contributed by atoms with Crippen molar-refractivity contribution >= 4 is 11.8 Å². The van der Waals surface area contributed by atoms with Crippen LogP contribution in [0, 0.1) is 5.92 Å². The number of rotatable bonds is 4. The van der Waals surface area contributed by atoms with Crippen LogP contribution in [-0.4, -0.2) is 17.9 Å². The molecule has 2 atom stereocenters. The lowest BCUT2D eigenvalue weighted by atomic mass is 9.99. The maximum absolute atomic E-state index is 10.8. The molecular formula is C8H16N2O2. The number of nitrogens with one attached hydrogen (secondary N) is 1. The van der Waals surface area contributed by atoms with Gasteiger partial charge in [0.2, 0.25) is 11.8 Å². The molecule has 0 aromatic carbocycles. The average molecular weight is 172 g/mol. The molecule has 0 aliphatic carbocycles. The summed E-state index contributed by atoms with van der Waals surface area (Å²) in [6.07, 6.45) is 0.813. The third-order valence-electron chi connectivity index (χ3n) is 1.88. The van der Waals surface area contributed by atoms with Crippen LogP contribution in [0.1, 0.15) is 27.2 Å². The Balaban J connectivity index is 4.22. The summed E-state index contributed by atoms with van der Waals surface area (Å²) in [5.74, 6) is -0.606. The smallest absolute Gasteiger partial charge is 0.240 e. The van der Waals surface area contributed by atoms with E-state index in [1.165, 1.54) is 6.92 Å². The highest BCUT2D eigenvalue weighted by Crippen LogP contribution is 2.06. The number of carbonyl (C=O) groups is 2. The van der Waals surface area contributed by atoms with Crippen LogP contribution in [0.3, 0.4) is 0 Å². The van der Waals surface area contributed by atoms with Gasteiger partial charge >= 0.3 is 0 Å². The van der Waals surface area contributed by atoms with E-state index in [4.69, 9.17) is 5.73 Å². The molecule has 2 amide bonds. The van der Waals surface area contributed by atoms with Crippen molar-refractivity contribution in [3.63, 3.8) is 0 Å². The number of amides is 2. The van der Waals surface area contributed by atoms with E-state index in [-0.39, 0.29) is 11.8 Å². The van der Waals surface area contributed by atoms with Crippen molar-refractivity contribution in [1.29, 1.82) is 0 Å². The first kappa shape index (κ1) is 10.9. The Hall–Kier alpha value is -1.06. The zero-order valence-corrected chi connectivity index (χ0v) is 7.76. The minimum absolute atomic E-state index is 0.0893. The minimum atomic E-state index is -0.535. The maximum atomic E-state index is 10.8. The van der Waals surface area contributed by atoms with Gasteiger partial charge in [-0.2, -0.15) is 0 Å². The van der Waals surface area contributed by atoms with Gasteiger partial charge in [-0.25, -0.2) is 0 Å². The largest absolute Gasteiger partial charge is 0.368 e. The van der Waals surface area contributed by atoms with E-state index in [9.17, 15) is 9.59 Å². The fourth-order valence-electron chi connectivity index (χ4n) is 0.948. The van der Waals surface area contributed by atoms with Crippen LogP contribution >= 0.6 is 0 Å². The summed E-state index contributed by atoms with van der Waals surface area (Å²) in [4.78, 5) is 21.5. The lowest BCUT2D eigenvalue weighted by Crippen LogP contribution is -2.47. The van der Waals surface area contributed by atoms with E-state index in [0.717, 1.165) is 6.42 Å². The normalized spacial score (nSPS) is 14.9. The molecule has 4 nitrogen and oxygen atoms in total. The lowest BCUT2D eigenvalue weighted by molar-refractivity contribution is -0.127. The second kappa shape index (κ2) is 4.74. The Bertz CT molecular complexity index is 180. The Labute approximate surface area is 72.5 Å². The van der Waals surface area contributed by atoms with Crippen LogP contribution in [0.2, 0.25) is 0 Å². The van der Waals surface area contributed by atoms with Crippen molar-refractivity contribution in [2.75, 3.05) is 0 Å². The predicted octanol–water partition coefficient (Wildman–Crippen LogP) is 0.0225. The SMILES string of the molecule is CCC(C)[C@H](NC(C)=O)C(N)=O. The molecule has 0 aromatic heterocycles. The van der Waals surface area contributed by atoms with E-state index < -0.39 is 11.9 Å². The Morgan fingerprint density at radius 3 is 2.25 bits per heavy atom. The average Bonchev–Trinajstić information content (AvgIpc) is 1.98. The van der Waals surface area contributed by atoms with E-state index in [1.54, 1.807) is 0 Å². The van der Waals surface area contributed by atoms with Crippen molar-refractivity contribution in [2.45, 2.75) is 33.2 Å². The zero-order valence-electron chi connectivity index (χ0n) is 7.76. The van der Waals surface area contributed by atoms with Gasteiger partial charge in [0.15, 0.2) is 0 Å². The monoisotopic (exact) mass is 172 g/mol. The number of primary amides is 1. The molecule has 1 unspecified atom stereocenters.